The summed E-state index contributed by atoms with van der Waals surface area (Å²) in [5.74, 6) is 8.92. The SMILES string of the molecule is C(#Cc1cccc2ccccc12)CO[C@@H]1[C@H](OC23CC4CC(CC(C4)C2)C3)O[C@@H]2COC(c3ccccc3)O[C@H]2[C@@H]1OCc1ccccc1. The summed E-state index contributed by atoms with van der Waals surface area (Å²) in [6, 6.07) is 34.9. The molecule has 252 valence electrons. The van der Waals surface area contributed by atoms with Crippen LogP contribution in [0, 0.1) is 29.6 Å². The molecule has 4 bridgehead atoms. The van der Waals surface area contributed by atoms with Crippen molar-refractivity contribution in [2.45, 2.75) is 87.7 Å². The molecule has 4 aliphatic carbocycles. The second kappa shape index (κ2) is 13.6. The van der Waals surface area contributed by atoms with E-state index in [0.29, 0.717) is 13.2 Å². The lowest BCUT2D eigenvalue weighted by Gasteiger charge is -2.58. The van der Waals surface area contributed by atoms with Crippen molar-refractivity contribution in [3.8, 4) is 11.8 Å². The maximum Gasteiger partial charge on any atom is 0.187 e. The second-order valence-corrected chi connectivity index (χ2v) is 14.8. The molecule has 6 fully saturated rings. The highest BCUT2D eigenvalue weighted by Gasteiger charge is 2.57. The topological polar surface area (TPSA) is 55.4 Å². The summed E-state index contributed by atoms with van der Waals surface area (Å²) in [7, 11) is 0. The van der Waals surface area contributed by atoms with E-state index in [9.17, 15) is 0 Å². The molecular formula is C43H44O6. The highest BCUT2D eigenvalue weighted by atomic mass is 16.8. The highest BCUT2D eigenvalue weighted by Crippen LogP contribution is 2.58. The third-order valence-electron chi connectivity index (χ3n) is 11.3. The smallest absolute Gasteiger partial charge is 0.187 e. The molecule has 4 aromatic rings. The molecule has 2 aliphatic heterocycles. The van der Waals surface area contributed by atoms with Gasteiger partial charge in [-0.3, -0.25) is 0 Å². The monoisotopic (exact) mass is 656 g/mol. The molecule has 0 N–H and O–H groups in total. The Kier molecular flexibility index (Phi) is 8.75. The molecule has 6 aliphatic rings. The van der Waals surface area contributed by atoms with E-state index in [1.807, 2.05) is 48.5 Å². The van der Waals surface area contributed by atoms with E-state index >= 15 is 0 Å². The zero-order valence-electron chi connectivity index (χ0n) is 27.8. The minimum absolute atomic E-state index is 0.185. The third kappa shape index (κ3) is 6.57. The first-order valence-corrected chi connectivity index (χ1v) is 18.1. The Morgan fingerprint density at radius 3 is 2.16 bits per heavy atom. The molecule has 0 aromatic heterocycles. The summed E-state index contributed by atoms with van der Waals surface area (Å²) in [6.45, 7) is 1.00. The van der Waals surface area contributed by atoms with Crippen molar-refractivity contribution in [3.63, 3.8) is 0 Å². The van der Waals surface area contributed by atoms with Crippen LogP contribution >= 0.6 is 0 Å². The molecule has 4 saturated carbocycles. The first-order valence-electron chi connectivity index (χ1n) is 18.1. The molecule has 6 nitrogen and oxygen atoms in total. The molecule has 2 saturated heterocycles. The predicted molar refractivity (Wildman–Crippen MR) is 186 cm³/mol. The molecule has 0 radical (unpaired) electrons. The summed E-state index contributed by atoms with van der Waals surface area (Å²) in [5, 5.41) is 2.31. The van der Waals surface area contributed by atoms with Gasteiger partial charge in [-0.25, -0.2) is 0 Å². The van der Waals surface area contributed by atoms with Crippen LogP contribution in [-0.2, 0) is 35.0 Å². The molecule has 4 aromatic carbocycles. The quantitative estimate of drug-likeness (QED) is 0.179. The first kappa shape index (κ1) is 31.4. The summed E-state index contributed by atoms with van der Waals surface area (Å²) in [4.78, 5) is 0. The molecule has 6 atom stereocenters. The Labute approximate surface area is 289 Å². The predicted octanol–water partition coefficient (Wildman–Crippen LogP) is 7.99. The standard InChI is InChI=1S/C43H44O6/c1-3-11-29(12-4-1)27-45-39-38-37(28-46-41(48-38)35-14-5-2-6-15-35)47-42(49-43-24-30-21-31(25-43)23-32(22-30)26-43)40(39)44-20-10-18-34-17-9-16-33-13-7-8-19-36(33)34/h1-9,11-17,19,30-32,37-42H,20-28H2/t30?,31?,32?,37-,38-,39+,40+,41?,42+,43?/m1/s1. The van der Waals surface area contributed by atoms with E-state index in [0.717, 1.165) is 59.1 Å². The fourth-order valence-corrected chi connectivity index (χ4v) is 9.58. The van der Waals surface area contributed by atoms with E-state index in [-0.39, 0.29) is 18.3 Å². The Balaban J connectivity index is 1.03. The van der Waals surface area contributed by atoms with Crippen molar-refractivity contribution in [1.82, 2.24) is 0 Å². The van der Waals surface area contributed by atoms with Gasteiger partial charge >= 0.3 is 0 Å². The minimum Gasteiger partial charge on any atom is -0.368 e. The summed E-state index contributed by atoms with van der Waals surface area (Å²) < 4.78 is 40.7. The van der Waals surface area contributed by atoms with E-state index in [1.165, 1.54) is 24.6 Å². The van der Waals surface area contributed by atoms with E-state index in [4.69, 9.17) is 28.4 Å². The van der Waals surface area contributed by atoms with E-state index in [1.54, 1.807) is 0 Å². The first-order chi connectivity index (χ1) is 24.2. The molecule has 6 heteroatoms. The van der Waals surface area contributed by atoms with Crippen LogP contribution in [-0.4, -0.2) is 49.5 Å². The Morgan fingerprint density at radius 2 is 1.39 bits per heavy atom. The number of hydrogen-bond acceptors (Lipinski definition) is 6. The number of rotatable bonds is 8. The van der Waals surface area contributed by atoms with Crippen LogP contribution in [0.2, 0.25) is 0 Å². The van der Waals surface area contributed by atoms with Crippen LogP contribution in [0.25, 0.3) is 10.8 Å². The molecule has 0 spiro atoms. The zero-order chi connectivity index (χ0) is 32.6. The maximum atomic E-state index is 7.23. The van der Waals surface area contributed by atoms with Gasteiger partial charge in [-0.15, -0.1) is 0 Å². The minimum atomic E-state index is -0.627. The van der Waals surface area contributed by atoms with Crippen molar-refractivity contribution >= 4 is 10.8 Å². The van der Waals surface area contributed by atoms with Gasteiger partial charge in [-0.1, -0.05) is 109 Å². The van der Waals surface area contributed by atoms with Crippen LogP contribution in [0.5, 0.6) is 0 Å². The Hall–Kier alpha value is -3.54. The molecule has 49 heavy (non-hydrogen) atoms. The van der Waals surface area contributed by atoms with Gasteiger partial charge in [0.25, 0.3) is 0 Å². The van der Waals surface area contributed by atoms with E-state index < -0.39 is 30.9 Å². The molecular weight excluding hydrogens is 612 g/mol. The number of fused-ring (bicyclic) bond motifs is 2. The van der Waals surface area contributed by atoms with Crippen molar-refractivity contribution in [2.75, 3.05) is 13.2 Å². The zero-order valence-corrected chi connectivity index (χ0v) is 27.8. The lowest BCUT2D eigenvalue weighted by molar-refractivity contribution is -0.389. The van der Waals surface area contributed by atoms with Crippen LogP contribution in [0.4, 0.5) is 0 Å². The summed E-state index contributed by atoms with van der Waals surface area (Å²) >= 11 is 0. The highest BCUT2D eigenvalue weighted by molar-refractivity contribution is 5.88. The second-order valence-electron chi connectivity index (χ2n) is 14.8. The van der Waals surface area contributed by atoms with Crippen molar-refractivity contribution in [3.05, 3.63) is 120 Å². The van der Waals surface area contributed by atoms with Crippen molar-refractivity contribution < 1.29 is 28.4 Å². The lowest BCUT2D eigenvalue weighted by atomic mass is 9.54. The summed E-state index contributed by atoms with van der Waals surface area (Å²) in [6.07, 6.45) is 4.37. The van der Waals surface area contributed by atoms with Crippen LogP contribution in [0.1, 0.15) is 61.5 Å². The maximum absolute atomic E-state index is 7.23. The Morgan fingerprint density at radius 1 is 0.694 bits per heavy atom. The van der Waals surface area contributed by atoms with Gasteiger partial charge in [0.1, 0.15) is 31.0 Å². The third-order valence-corrected chi connectivity index (χ3v) is 11.3. The fourth-order valence-electron chi connectivity index (χ4n) is 9.58. The number of hydrogen-bond donors (Lipinski definition) is 0. The molecule has 2 heterocycles. The van der Waals surface area contributed by atoms with Gasteiger partial charge < -0.3 is 28.4 Å². The van der Waals surface area contributed by atoms with Gasteiger partial charge in [0.2, 0.25) is 0 Å². The van der Waals surface area contributed by atoms with E-state index in [2.05, 4.69) is 66.4 Å². The molecule has 0 amide bonds. The van der Waals surface area contributed by atoms with Gasteiger partial charge in [0, 0.05) is 11.1 Å². The van der Waals surface area contributed by atoms with Crippen LogP contribution < -0.4 is 0 Å². The summed E-state index contributed by atoms with van der Waals surface area (Å²) in [5.41, 5.74) is 2.85. The van der Waals surface area contributed by atoms with Crippen LogP contribution in [0.15, 0.2) is 103 Å². The Bertz CT molecular complexity index is 1760. The van der Waals surface area contributed by atoms with Gasteiger partial charge in [0.05, 0.1) is 18.8 Å². The fraction of sp³-hybridized carbons (Fsp3) is 0.442. The number of benzene rings is 4. The van der Waals surface area contributed by atoms with Crippen molar-refractivity contribution in [1.29, 1.82) is 0 Å². The average molecular weight is 657 g/mol. The normalized spacial score (nSPS) is 34.7. The molecule has 1 unspecified atom stereocenters. The lowest BCUT2D eigenvalue weighted by Crippen LogP contribution is -2.65. The molecule has 10 rings (SSSR count). The number of ether oxygens (including phenoxy) is 6. The van der Waals surface area contributed by atoms with Gasteiger partial charge in [-0.2, -0.15) is 0 Å². The van der Waals surface area contributed by atoms with Gasteiger partial charge in [0.15, 0.2) is 12.6 Å². The van der Waals surface area contributed by atoms with Gasteiger partial charge in [-0.05, 0) is 78.7 Å². The van der Waals surface area contributed by atoms with Crippen molar-refractivity contribution in [2.24, 2.45) is 17.8 Å². The van der Waals surface area contributed by atoms with Crippen LogP contribution in [0.3, 0.4) is 0 Å². The largest absolute Gasteiger partial charge is 0.368 e. The average Bonchev–Trinajstić information content (AvgIpc) is 3.13.